The van der Waals surface area contributed by atoms with E-state index in [-0.39, 0.29) is 11.9 Å². The van der Waals surface area contributed by atoms with Crippen LogP contribution >= 0.6 is 11.8 Å². The van der Waals surface area contributed by atoms with Crippen molar-refractivity contribution >= 4 is 17.7 Å². The maximum Gasteiger partial charge on any atom is 0.255 e. The van der Waals surface area contributed by atoms with Gasteiger partial charge < -0.3 is 4.90 Å². The summed E-state index contributed by atoms with van der Waals surface area (Å²) in [5.41, 5.74) is 4.51. The van der Waals surface area contributed by atoms with Crippen molar-refractivity contribution in [3.8, 4) is 0 Å². The van der Waals surface area contributed by atoms with E-state index in [9.17, 15) is 4.79 Å². The van der Waals surface area contributed by atoms with Crippen LogP contribution in [0.1, 0.15) is 52.9 Å². The zero-order valence-corrected chi connectivity index (χ0v) is 15.4. The smallest absolute Gasteiger partial charge is 0.255 e. The average Bonchev–Trinajstić information content (AvgIpc) is 3.07. The molecule has 1 amide bonds. The number of benzene rings is 1. The number of likely N-dealkylation sites (tertiary alicyclic amines) is 1. The van der Waals surface area contributed by atoms with Crippen LogP contribution in [0.15, 0.2) is 41.6 Å². The first-order valence-electron chi connectivity index (χ1n) is 8.57. The van der Waals surface area contributed by atoms with Crippen LogP contribution in [0.4, 0.5) is 0 Å². The molecule has 0 saturated carbocycles. The monoisotopic (exact) mass is 340 g/mol. The largest absolute Gasteiger partial charge is 0.332 e. The number of rotatable bonds is 4. The predicted molar refractivity (Wildman–Crippen MR) is 99.6 cm³/mol. The van der Waals surface area contributed by atoms with Gasteiger partial charge in [-0.3, -0.25) is 4.79 Å². The predicted octanol–water partition coefficient (Wildman–Crippen LogP) is 4.79. The highest BCUT2D eigenvalue weighted by Gasteiger charge is 2.30. The molecule has 1 atom stereocenters. The van der Waals surface area contributed by atoms with Gasteiger partial charge in [0.2, 0.25) is 0 Å². The lowest BCUT2D eigenvalue weighted by molar-refractivity contribution is 0.0735. The molecule has 1 unspecified atom stereocenters. The lowest BCUT2D eigenvalue weighted by atomic mass is 9.99. The van der Waals surface area contributed by atoms with Gasteiger partial charge in [0.1, 0.15) is 0 Å². The number of carbonyl (C=O) groups excluding carboxylic acids is 1. The van der Waals surface area contributed by atoms with Gasteiger partial charge in [-0.2, -0.15) is 0 Å². The number of hydrogen-bond donors (Lipinski definition) is 0. The number of nitrogens with zero attached hydrogens (tertiary/aromatic N) is 2. The second-order valence-electron chi connectivity index (χ2n) is 6.32. The number of aryl methyl sites for hydroxylation is 2. The van der Waals surface area contributed by atoms with Crippen LogP contribution in [-0.2, 0) is 0 Å². The molecule has 4 heteroatoms. The summed E-state index contributed by atoms with van der Waals surface area (Å²) in [5.74, 6) is 1.08. The summed E-state index contributed by atoms with van der Waals surface area (Å²) in [6.07, 6.45) is 3.81. The first-order chi connectivity index (χ1) is 11.6. The van der Waals surface area contributed by atoms with Crippen LogP contribution in [0.3, 0.4) is 0 Å². The number of carbonyl (C=O) groups is 1. The van der Waals surface area contributed by atoms with Crippen molar-refractivity contribution in [3.63, 3.8) is 0 Å². The molecule has 1 saturated heterocycles. The molecule has 0 N–H and O–H groups in total. The van der Waals surface area contributed by atoms with E-state index >= 15 is 0 Å². The highest BCUT2D eigenvalue weighted by Crippen LogP contribution is 2.34. The molecule has 2 heterocycles. The van der Waals surface area contributed by atoms with Gasteiger partial charge in [0.25, 0.3) is 5.91 Å². The summed E-state index contributed by atoms with van der Waals surface area (Å²) in [7, 11) is 0. The van der Waals surface area contributed by atoms with E-state index < -0.39 is 0 Å². The standard InChI is InChI=1S/C20H24N2OS/c1-4-24-19-10-9-17(13-21-19)20(23)22-11-5-6-18(22)16-8-7-14(2)15(3)12-16/h7-10,12-13,18H,4-6,11H2,1-3H3. The fraction of sp³-hybridized carbons (Fsp3) is 0.400. The van der Waals surface area contributed by atoms with Crippen LogP contribution in [0, 0.1) is 13.8 Å². The topological polar surface area (TPSA) is 33.2 Å². The summed E-state index contributed by atoms with van der Waals surface area (Å²) >= 11 is 1.69. The van der Waals surface area contributed by atoms with Gasteiger partial charge in [0.15, 0.2) is 0 Å². The Morgan fingerprint density at radius 3 is 2.75 bits per heavy atom. The average molecular weight is 340 g/mol. The Morgan fingerprint density at radius 1 is 1.25 bits per heavy atom. The molecule has 1 aliphatic rings. The van der Waals surface area contributed by atoms with Crippen molar-refractivity contribution in [2.75, 3.05) is 12.3 Å². The minimum atomic E-state index is 0.0938. The van der Waals surface area contributed by atoms with Gasteiger partial charge >= 0.3 is 0 Å². The number of amides is 1. The van der Waals surface area contributed by atoms with E-state index in [1.165, 1.54) is 16.7 Å². The second kappa shape index (κ2) is 7.39. The SMILES string of the molecule is CCSc1ccc(C(=O)N2CCCC2c2ccc(C)c(C)c2)cn1. The summed E-state index contributed by atoms with van der Waals surface area (Å²) in [6, 6.07) is 10.6. The molecule has 1 aromatic carbocycles. The third-order valence-electron chi connectivity index (χ3n) is 4.70. The first kappa shape index (κ1) is 17.0. The Kier molecular flexibility index (Phi) is 5.24. The lowest BCUT2D eigenvalue weighted by Gasteiger charge is -2.25. The van der Waals surface area contributed by atoms with Crippen LogP contribution in [0.2, 0.25) is 0 Å². The second-order valence-corrected chi connectivity index (χ2v) is 7.60. The number of thioether (sulfide) groups is 1. The molecule has 24 heavy (non-hydrogen) atoms. The van der Waals surface area contributed by atoms with Crippen LogP contribution in [0.5, 0.6) is 0 Å². The van der Waals surface area contributed by atoms with E-state index in [0.717, 1.165) is 30.2 Å². The Labute approximate surface area is 148 Å². The normalized spacial score (nSPS) is 17.3. The van der Waals surface area contributed by atoms with Crippen molar-refractivity contribution in [1.82, 2.24) is 9.88 Å². The third kappa shape index (κ3) is 3.48. The van der Waals surface area contributed by atoms with Crippen molar-refractivity contribution < 1.29 is 4.79 Å². The van der Waals surface area contributed by atoms with Gasteiger partial charge in [0, 0.05) is 12.7 Å². The Balaban J connectivity index is 1.81. The van der Waals surface area contributed by atoms with Gasteiger partial charge in [0.05, 0.1) is 16.6 Å². The van der Waals surface area contributed by atoms with E-state index in [1.54, 1.807) is 18.0 Å². The zero-order chi connectivity index (χ0) is 17.1. The van der Waals surface area contributed by atoms with Gasteiger partial charge in [-0.25, -0.2) is 4.98 Å². The van der Waals surface area contributed by atoms with E-state index in [2.05, 4.69) is 44.0 Å². The van der Waals surface area contributed by atoms with Crippen molar-refractivity contribution in [1.29, 1.82) is 0 Å². The number of pyridine rings is 1. The minimum Gasteiger partial charge on any atom is -0.332 e. The molecule has 0 radical (unpaired) electrons. The van der Waals surface area contributed by atoms with Crippen molar-refractivity contribution in [3.05, 3.63) is 58.8 Å². The number of aromatic nitrogens is 1. The zero-order valence-electron chi connectivity index (χ0n) is 14.6. The number of hydrogen-bond acceptors (Lipinski definition) is 3. The van der Waals surface area contributed by atoms with Crippen LogP contribution < -0.4 is 0 Å². The molecule has 0 bridgehead atoms. The maximum atomic E-state index is 12.9. The first-order valence-corrected chi connectivity index (χ1v) is 9.55. The molecule has 0 aliphatic carbocycles. The van der Waals surface area contributed by atoms with Gasteiger partial charge in [-0.05, 0) is 61.3 Å². The Morgan fingerprint density at radius 2 is 2.08 bits per heavy atom. The van der Waals surface area contributed by atoms with E-state index in [1.807, 2.05) is 17.0 Å². The van der Waals surface area contributed by atoms with Crippen LogP contribution in [-0.4, -0.2) is 28.1 Å². The molecule has 126 valence electrons. The molecule has 0 spiro atoms. The van der Waals surface area contributed by atoms with Gasteiger partial charge in [-0.1, -0.05) is 25.1 Å². The van der Waals surface area contributed by atoms with E-state index in [0.29, 0.717) is 5.56 Å². The van der Waals surface area contributed by atoms with Crippen molar-refractivity contribution in [2.45, 2.75) is 44.7 Å². The molecule has 1 aromatic heterocycles. The van der Waals surface area contributed by atoms with Gasteiger partial charge in [-0.15, -0.1) is 11.8 Å². The third-order valence-corrected chi connectivity index (χ3v) is 5.53. The quantitative estimate of drug-likeness (QED) is 0.751. The van der Waals surface area contributed by atoms with Crippen LogP contribution in [0.25, 0.3) is 0 Å². The van der Waals surface area contributed by atoms with E-state index in [4.69, 9.17) is 0 Å². The molecular weight excluding hydrogens is 316 g/mol. The lowest BCUT2D eigenvalue weighted by Crippen LogP contribution is -2.30. The Hall–Kier alpha value is -1.81. The minimum absolute atomic E-state index is 0.0938. The highest BCUT2D eigenvalue weighted by atomic mass is 32.2. The fourth-order valence-electron chi connectivity index (χ4n) is 3.23. The fourth-order valence-corrected chi connectivity index (χ4v) is 3.82. The summed E-state index contributed by atoms with van der Waals surface area (Å²) in [6.45, 7) is 7.18. The maximum absolute atomic E-state index is 12.9. The molecule has 2 aromatic rings. The molecular formula is C20H24N2OS. The molecule has 1 fully saturated rings. The summed E-state index contributed by atoms with van der Waals surface area (Å²) in [5, 5.41) is 0.973. The van der Waals surface area contributed by atoms with Crippen molar-refractivity contribution in [2.24, 2.45) is 0 Å². The summed E-state index contributed by atoms with van der Waals surface area (Å²) < 4.78 is 0. The molecule has 3 rings (SSSR count). The summed E-state index contributed by atoms with van der Waals surface area (Å²) in [4.78, 5) is 19.3. The Bertz CT molecular complexity index is 727. The molecule has 1 aliphatic heterocycles. The molecule has 3 nitrogen and oxygen atoms in total. The highest BCUT2D eigenvalue weighted by molar-refractivity contribution is 7.99.